The van der Waals surface area contributed by atoms with Gasteiger partial charge in [0.2, 0.25) is 5.91 Å². The van der Waals surface area contributed by atoms with Crippen LogP contribution in [0.3, 0.4) is 0 Å². The summed E-state index contributed by atoms with van der Waals surface area (Å²) in [5.74, 6) is -0.506. The fourth-order valence-corrected chi connectivity index (χ4v) is 2.80. The van der Waals surface area contributed by atoms with Gasteiger partial charge < -0.3 is 30.8 Å². The maximum atomic E-state index is 11.0. The van der Waals surface area contributed by atoms with Crippen LogP contribution < -0.4 is 11.5 Å². The van der Waals surface area contributed by atoms with E-state index in [9.17, 15) is 19.2 Å². The number of hydrogen-bond donors (Lipinski definition) is 3. The molecule has 0 radical (unpaired) electrons. The Hall–Kier alpha value is -3.41. The zero-order valence-corrected chi connectivity index (χ0v) is 26.3. The molecule has 1 aliphatic heterocycles. The molecule has 0 spiro atoms. The third-order valence-corrected chi connectivity index (χ3v) is 4.59. The minimum atomic E-state index is -0.488. The van der Waals surface area contributed by atoms with E-state index in [0.717, 1.165) is 26.4 Å². The summed E-state index contributed by atoms with van der Waals surface area (Å²) in [5.41, 5.74) is 10.5. The van der Waals surface area contributed by atoms with Crippen LogP contribution in [0.4, 0.5) is 0 Å². The van der Waals surface area contributed by atoms with Crippen LogP contribution in [-0.4, -0.2) is 75.2 Å². The lowest BCUT2D eigenvalue weighted by Gasteiger charge is -2.11. The van der Waals surface area contributed by atoms with Crippen LogP contribution in [0, 0.1) is 0 Å². The highest BCUT2D eigenvalue weighted by atomic mass is 16.6. The Morgan fingerprint density at radius 2 is 1.71 bits per heavy atom. The van der Waals surface area contributed by atoms with E-state index in [-0.39, 0.29) is 23.8 Å². The van der Waals surface area contributed by atoms with Crippen molar-refractivity contribution in [2.24, 2.45) is 16.5 Å². The molecule has 2 unspecified atom stereocenters. The first kappa shape index (κ1) is 44.6. The highest BCUT2D eigenvalue weighted by Crippen LogP contribution is 2.19. The number of esters is 2. The molecule has 1 aromatic rings. The van der Waals surface area contributed by atoms with Gasteiger partial charge in [-0.3, -0.25) is 14.4 Å². The molecule has 0 saturated carbocycles. The number of carbonyl (C=O) groups excluding carboxylic acids is 4. The van der Waals surface area contributed by atoms with Crippen LogP contribution >= 0.6 is 0 Å². The number of nitrogens with zero attached hydrogens (tertiary/aromatic N) is 1. The number of ether oxygens (including phenoxy) is 3. The fraction of sp³-hybridized carbons (Fsp3) is 0.567. The minimum absolute atomic E-state index is 0.106. The molecular weight excluding hydrogens is 530 g/mol. The number of hydrogen-bond acceptors (Lipinski definition) is 9. The average Bonchev–Trinajstić information content (AvgIpc) is 3.44. The van der Waals surface area contributed by atoms with Gasteiger partial charge in [-0.15, -0.1) is 0 Å². The number of rotatable bonds is 8. The number of aliphatic hydroxyl groups is 1. The zero-order chi connectivity index (χ0) is 32.6. The maximum absolute atomic E-state index is 11.0. The van der Waals surface area contributed by atoms with E-state index in [4.69, 9.17) is 20.3 Å². The standard InChI is InChI=1S/C10H18O3.C9H8O3.C7H12N2O.C2H6.CH5N.CH4O/c1-3-4-10(11)12-7-9-6-5-8(2)13-9;1-12-9(11)8-5-3-2-4-7(8)6-10;1-3-5-6(8)9-7(10)4-2;3*1-2/h8-9H,3-7H2,1-2H3;2-6H,1H3;3,5H,4H2,1-2H3,(H2,8,9,10);1-2H3;2H2,1H3;2H,1H3/b;;5-3-;;;. The van der Waals surface area contributed by atoms with Crippen molar-refractivity contribution < 1.29 is 38.5 Å². The van der Waals surface area contributed by atoms with Gasteiger partial charge in [0.25, 0.3) is 0 Å². The van der Waals surface area contributed by atoms with E-state index in [1.807, 2.05) is 34.6 Å². The van der Waals surface area contributed by atoms with E-state index in [0.29, 0.717) is 43.0 Å². The second kappa shape index (κ2) is 32.8. The molecule has 5 N–H and O–H groups in total. The summed E-state index contributed by atoms with van der Waals surface area (Å²) < 4.78 is 15.0. The SMILES string of the molecule is C/C=C\C(N)=NC(=O)CC.CC.CCCC(=O)OCC1CCC(C)O1.CN.CO.COC(=O)c1ccccc1C=O. The third kappa shape index (κ3) is 25.3. The van der Waals surface area contributed by atoms with E-state index >= 15 is 0 Å². The predicted octanol–water partition coefficient (Wildman–Crippen LogP) is 4.25. The lowest BCUT2D eigenvalue weighted by Crippen LogP contribution is -2.18. The number of amides is 1. The maximum Gasteiger partial charge on any atom is 0.338 e. The fourth-order valence-electron chi connectivity index (χ4n) is 2.80. The molecule has 1 amide bonds. The quantitative estimate of drug-likeness (QED) is 0.173. The minimum Gasteiger partial charge on any atom is -0.465 e. The molecule has 41 heavy (non-hydrogen) atoms. The molecule has 0 aromatic heterocycles. The van der Waals surface area contributed by atoms with Gasteiger partial charge in [-0.05, 0) is 52.3 Å². The predicted molar refractivity (Wildman–Crippen MR) is 164 cm³/mol. The molecule has 2 rings (SSSR count). The summed E-state index contributed by atoms with van der Waals surface area (Å²) in [6.45, 7) is 12.0. The zero-order valence-electron chi connectivity index (χ0n) is 26.3. The van der Waals surface area contributed by atoms with Gasteiger partial charge in [0.15, 0.2) is 6.29 Å². The molecule has 1 aromatic carbocycles. The molecule has 236 valence electrons. The van der Waals surface area contributed by atoms with E-state index < -0.39 is 5.97 Å². The number of carbonyl (C=O) groups is 4. The smallest absolute Gasteiger partial charge is 0.338 e. The monoisotopic (exact) mass is 583 g/mol. The van der Waals surface area contributed by atoms with Crippen molar-refractivity contribution in [3.05, 3.63) is 47.5 Å². The van der Waals surface area contributed by atoms with E-state index in [1.54, 1.807) is 43.3 Å². The molecule has 2 atom stereocenters. The summed E-state index contributed by atoms with van der Waals surface area (Å²) in [6, 6.07) is 6.49. The van der Waals surface area contributed by atoms with Crippen molar-refractivity contribution >= 4 is 30.0 Å². The Morgan fingerprint density at radius 1 is 1.12 bits per heavy atom. The Kier molecular flexibility index (Phi) is 35.7. The summed E-state index contributed by atoms with van der Waals surface area (Å²) in [7, 11) is 3.78. The number of nitrogens with two attached hydrogens (primary N) is 2. The Bertz CT molecular complexity index is 873. The first-order chi connectivity index (χ1) is 19.7. The molecule has 0 bridgehead atoms. The average molecular weight is 584 g/mol. The summed E-state index contributed by atoms with van der Waals surface area (Å²) in [4.78, 5) is 46.6. The normalized spacial score (nSPS) is 14.9. The molecule has 0 aliphatic carbocycles. The Labute approximate surface area is 246 Å². The van der Waals surface area contributed by atoms with Crippen molar-refractivity contribution in [1.29, 1.82) is 0 Å². The molecular formula is C30H53N3O8. The largest absolute Gasteiger partial charge is 0.465 e. The number of aliphatic hydroxyl groups excluding tert-OH is 1. The first-order valence-corrected chi connectivity index (χ1v) is 13.7. The summed E-state index contributed by atoms with van der Waals surface area (Å²) in [5, 5.41) is 7.00. The van der Waals surface area contributed by atoms with Gasteiger partial charge in [-0.1, -0.05) is 52.0 Å². The van der Waals surface area contributed by atoms with Gasteiger partial charge in [0.1, 0.15) is 12.4 Å². The van der Waals surface area contributed by atoms with Crippen molar-refractivity contribution in [2.75, 3.05) is 27.9 Å². The molecule has 1 fully saturated rings. The van der Waals surface area contributed by atoms with Crippen LogP contribution in [0.2, 0.25) is 0 Å². The molecule has 1 heterocycles. The van der Waals surface area contributed by atoms with Crippen LogP contribution in [0.1, 0.15) is 94.4 Å². The molecule has 1 aliphatic rings. The Morgan fingerprint density at radius 3 is 2.15 bits per heavy atom. The highest BCUT2D eigenvalue weighted by Gasteiger charge is 2.22. The van der Waals surface area contributed by atoms with Gasteiger partial charge in [-0.2, -0.15) is 4.99 Å². The van der Waals surface area contributed by atoms with Gasteiger partial charge >= 0.3 is 11.9 Å². The number of aldehydes is 1. The Balaban J connectivity index is -0.000000230. The van der Waals surface area contributed by atoms with Gasteiger partial charge in [0, 0.05) is 25.5 Å². The molecule has 1 saturated heterocycles. The van der Waals surface area contributed by atoms with Gasteiger partial charge in [-0.25, -0.2) is 4.79 Å². The van der Waals surface area contributed by atoms with Crippen molar-refractivity contribution in [3.63, 3.8) is 0 Å². The van der Waals surface area contributed by atoms with Crippen LogP contribution in [0.15, 0.2) is 41.4 Å². The van der Waals surface area contributed by atoms with Crippen molar-refractivity contribution in [3.8, 4) is 0 Å². The number of methoxy groups -OCH3 is 1. The first-order valence-electron chi connectivity index (χ1n) is 13.7. The van der Waals surface area contributed by atoms with Crippen LogP contribution in [0.25, 0.3) is 0 Å². The van der Waals surface area contributed by atoms with Crippen LogP contribution in [0.5, 0.6) is 0 Å². The molecule has 11 heteroatoms. The van der Waals surface area contributed by atoms with Crippen molar-refractivity contribution in [1.82, 2.24) is 0 Å². The summed E-state index contributed by atoms with van der Waals surface area (Å²) >= 11 is 0. The van der Waals surface area contributed by atoms with Crippen LogP contribution in [-0.2, 0) is 23.8 Å². The third-order valence-electron chi connectivity index (χ3n) is 4.59. The summed E-state index contributed by atoms with van der Waals surface area (Å²) in [6.07, 6.45) is 8.28. The lowest BCUT2D eigenvalue weighted by molar-refractivity contribution is -0.147. The highest BCUT2D eigenvalue weighted by molar-refractivity contribution is 5.99. The van der Waals surface area contributed by atoms with Gasteiger partial charge in [0.05, 0.1) is 24.9 Å². The van der Waals surface area contributed by atoms with E-state index in [2.05, 4.69) is 15.5 Å². The second-order valence-corrected chi connectivity index (χ2v) is 7.56. The number of aliphatic imine (C=N–C) groups is 1. The van der Waals surface area contributed by atoms with E-state index in [1.165, 1.54) is 14.2 Å². The topological polar surface area (TPSA) is 181 Å². The number of amidine groups is 1. The number of benzene rings is 1. The second-order valence-electron chi connectivity index (χ2n) is 7.56. The molecule has 11 nitrogen and oxygen atoms in total. The lowest BCUT2D eigenvalue weighted by atomic mass is 10.1. The van der Waals surface area contributed by atoms with Crippen molar-refractivity contribution in [2.45, 2.75) is 85.9 Å². The number of allylic oxidation sites excluding steroid dienone is 1.